The Labute approximate surface area is 134 Å². The SMILES string of the molecule is CCCCCCCCCC(=O)[C@@](O)(CC(=O)O)C[N+](C)(C)C. The minimum atomic E-state index is -1.76. The van der Waals surface area contributed by atoms with Gasteiger partial charge in [0, 0.05) is 6.42 Å². The van der Waals surface area contributed by atoms with Crippen molar-refractivity contribution in [2.24, 2.45) is 0 Å². The van der Waals surface area contributed by atoms with Gasteiger partial charge in [0.15, 0.2) is 11.4 Å². The van der Waals surface area contributed by atoms with E-state index in [0.29, 0.717) is 4.48 Å². The lowest BCUT2D eigenvalue weighted by molar-refractivity contribution is -0.875. The van der Waals surface area contributed by atoms with Gasteiger partial charge in [-0.05, 0) is 6.42 Å². The molecule has 0 saturated carbocycles. The van der Waals surface area contributed by atoms with Crippen LogP contribution in [0.3, 0.4) is 0 Å². The first kappa shape index (κ1) is 21.1. The molecule has 0 aromatic rings. The number of unbranched alkanes of at least 4 members (excludes halogenated alkanes) is 6. The fourth-order valence-electron chi connectivity index (χ4n) is 2.75. The number of ketones is 1. The maximum atomic E-state index is 12.3. The Morgan fingerprint density at radius 1 is 0.955 bits per heavy atom. The summed E-state index contributed by atoms with van der Waals surface area (Å²) < 4.78 is 0.354. The lowest BCUT2D eigenvalue weighted by Gasteiger charge is -2.33. The molecule has 2 N–H and O–H groups in total. The van der Waals surface area contributed by atoms with Gasteiger partial charge in [0.2, 0.25) is 0 Å². The number of aliphatic hydroxyl groups is 1. The number of carboxylic acid groups (broad SMARTS) is 1. The van der Waals surface area contributed by atoms with Gasteiger partial charge in [-0.2, -0.15) is 0 Å². The molecule has 0 aliphatic carbocycles. The minimum Gasteiger partial charge on any atom is -0.481 e. The number of rotatable bonds is 13. The zero-order valence-corrected chi connectivity index (χ0v) is 14.7. The number of nitrogens with zero attached hydrogens (tertiary/aromatic N) is 1. The number of likely N-dealkylation sites (N-methyl/N-ethyl adjacent to an activating group) is 1. The lowest BCUT2D eigenvalue weighted by Crippen LogP contribution is -2.54. The average molecular weight is 316 g/mol. The normalized spacial score (nSPS) is 14.6. The molecule has 0 unspecified atom stereocenters. The van der Waals surface area contributed by atoms with Crippen molar-refractivity contribution >= 4 is 11.8 Å². The maximum Gasteiger partial charge on any atom is 0.306 e. The zero-order valence-electron chi connectivity index (χ0n) is 14.7. The molecular formula is C17H34NO4+. The molecule has 0 saturated heterocycles. The van der Waals surface area contributed by atoms with Crippen LogP contribution in [0.15, 0.2) is 0 Å². The number of hydrogen-bond acceptors (Lipinski definition) is 3. The van der Waals surface area contributed by atoms with Crippen LogP contribution in [0.4, 0.5) is 0 Å². The van der Waals surface area contributed by atoms with Crippen LogP contribution >= 0.6 is 0 Å². The van der Waals surface area contributed by atoms with E-state index in [1.165, 1.54) is 25.7 Å². The van der Waals surface area contributed by atoms with E-state index >= 15 is 0 Å². The third-order valence-electron chi connectivity index (χ3n) is 3.71. The summed E-state index contributed by atoms with van der Waals surface area (Å²) in [5, 5.41) is 19.5. The van der Waals surface area contributed by atoms with Crippen molar-refractivity contribution in [1.82, 2.24) is 0 Å². The van der Waals surface area contributed by atoms with Gasteiger partial charge in [-0.25, -0.2) is 0 Å². The predicted octanol–water partition coefficient (Wildman–Crippen LogP) is 2.61. The molecule has 5 nitrogen and oxygen atoms in total. The van der Waals surface area contributed by atoms with Gasteiger partial charge in [-0.1, -0.05) is 45.4 Å². The first-order chi connectivity index (χ1) is 10.1. The average Bonchev–Trinajstić information content (AvgIpc) is 2.34. The largest absolute Gasteiger partial charge is 0.481 e. The summed E-state index contributed by atoms with van der Waals surface area (Å²) in [7, 11) is 5.52. The quantitative estimate of drug-likeness (QED) is 0.404. The number of quaternary nitrogens is 1. The second kappa shape index (κ2) is 9.95. The molecular weight excluding hydrogens is 282 g/mol. The first-order valence-corrected chi connectivity index (χ1v) is 8.38. The van der Waals surface area contributed by atoms with Crippen LogP contribution in [0.25, 0.3) is 0 Å². The monoisotopic (exact) mass is 316 g/mol. The molecule has 0 fully saturated rings. The number of Topliss-reactive ketones (excluding diaryl/α,β-unsaturated/α-hetero) is 1. The minimum absolute atomic E-state index is 0.120. The van der Waals surface area contributed by atoms with E-state index in [1.807, 2.05) is 21.1 Å². The van der Waals surface area contributed by atoms with Gasteiger partial charge in [0.05, 0.1) is 27.6 Å². The molecule has 0 bridgehead atoms. The van der Waals surface area contributed by atoms with Crippen LogP contribution in [0.1, 0.15) is 64.7 Å². The molecule has 0 amide bonds. The second-order valence-electron chi connectivity index (χ2n) is 7.35. The summed E-state index contributed by atoms with van der Waals surface area (Å²) in [5.74, 6) is -1.47. The van der Waals surface area contributed by atoms with E-state index < -0.39 is 18.0 Å². The van der Waals surface area contributed by atoms with Gasteiger partial charge in [-0.3, -0.25) is 9.59 Å². The van der Waals surface area contributed by atoms with Gasteiger partial charge < -0.3 is 14.7 Å². The first-order valence-electron chi connectivity index (χ1n) is 8.38. The van der Waals surface area contributed by atoms with Crippen LogP contribution < -0.4 is 0 Å². The molecule has 0 aromatic heterocycles. The van der Waals surface area contributed by atoms with E-state index in [-0.39, 0.29) is 18.7 Å². The Hall–Kier alpha value is -0.940. The van der Waals surface area contributed by atoms with Crippen molar-refractivity contribution in [3.63, 3.8) is 0 Å². The maximum absolute atomic E-state index is 12.3. The molecule has 0 aromatic carbocycles. The van der Waals surface area contributed by atoms with Crippen LogP contribution in [0, 0.1) is 0 Å². The highest BCUT2D eigenvalue weighted by Gasteiger charge is 2.42. The van der Waals surface area contributed by atoms with Crippen molar-refractivity contribution in [1.29, 1.82) is 0 Å². The Balaban J connectivity index is 4.31. The van der Waals surface area contributed by atoms with Gasteiger partial charge in [0.1, 0.15) is 6.54 Å². The van der Waals surface area contributed by atoms with Gasteiger partial charge in [-0.15, -0.1) is 0 Å². The fourth-order valence-corrected chi connectivity index (χ4v) is 2.75. The highest BCUT2D eigenvalue weighted by Crippen LogP contribution is 2.20. The molecule has 0 aliphatic rings. The third kappa shape index (κ3) is 9.90. The smallest absolute Gasteiger partial charge is 0.306 e. The molecule has 0 radical (unpaired) electrons. The third-order valence-corrected chi connectivity index (χ3v) is 3.71. The van der Waals surface area contributed by atoms with Crippen LogP contribution in [0.2, 0.25) is 0 Å². The summed E-state index contributed by atoms with van der Waals surface area (Å²) in [4.78, 5) is 23.3. The van der Waals surface area contributed by atoms with Crippen LogP contribution in [-0.4, -0.2) is 59.7 Å². The van der Waals surface area contributed by atoms with E-state index in [0.717, 1.165) is 19.3 Å². The highest BCUT2D eigenvalue weighted by molar-refractivity contribution is 5.90. The topological polar surface area (TPSA) is 74.6 Å². The van der Waals surface area contributed by atoms with Crippen molar-refractivity contribution in [3.8, 4) is 0 Å². The number of carbonyl (C=O) groups is 2. The number of carboxylic acids is 1. The number of aliphatic carboxylic acids is 1. The van der Waals surface area contributed by atoms with Crippen molar-refractivity contribution < 1.29 is 24.3 Å². The molecule has 5 heteroatoms. The van der Waals surface area contributed by atoms with Gasteiger partial charge in [0.25, 0.3) is 0 Å². The Morgan fingerprint density at radius 3 is 1.91 bits per heavy atom. The van der Waals surface area contributed by atoms with E-state index in [9.17, 15) is 14.7 Å². The van der Waals surface area contributed by atoms with E-state index in [1.54, 1.807) is 0 Å². The number of hydrogen-bond donors (Lipinski definition) is 2. The second-order valence-corrected chi connectivity index (χ2v) is 7.35. The van der Waals surface area contributed by atoms with Gasteiger partial charge >= 0.3 is 5.97 Å². The molecule has 0 spiro atoms. The fraction of sp³-hybridized carbons (Fsp3) is 0.882. The van der Waals surface area contributed by atoms with Crippen LogP contribution in [0.5, 0.6) is 0 Å². The van der Waals surface area contributed by atoms with Crippen molar-refractivity contribution in [2.75, 3.05) is 27.7 Å². The summed E-state index contributed by atoms with van der Waals surface area (Å²) >= 11 is 0. The van der Waals surface area contributed by atoms with Crippen molar-refractivity contribution in [3.05, 3.63) is 0 Å². The Morgan fingerprint density at radius 2 is 1.45 bits per heavy atom. The Kier molecular flexibility index (Phi) is 9.53. The zero-order chi connectivity index (χ0) is 17.2. The molecule has 0 aliphatic heterocycles. The molecule has 1 atom stereocenters. The lowest BCUT2D eigenvalue weighted by atomic mass is 9.89. The number of carbonyl (C=O) groups excluding carboxylic acids is 1. The Bertz CT molecular complexity index is 349. The summed E-state index contributed by atoms with van der Waals surface area (Å²) in [6.07, 6.45) is 7.41. The molecule has 22 heavy (non-hydrogen) atoms. The summed E-state index contributed by atoms with van der Waals surface area (Å²) in [5.41, 5.74) is -1.76. The summed E-state index contributed by atoms with van der Waals surface area (Å²) in [6, 6.07) is 0. The molecule has 0 rings (SSSR count). The highest BCUT2D eigenvalue weighted by atomic mass is 16.4. The van der Waals surface area contributed by atoms with Crippen LogP contribution in [-0.2, 0) is 9.59 Å². The van der Waals surface area contributed by atoms with E-state index in [2.05, 4.69) is 6.92 Å². The standard InChI is InChI=1S/C17H33NO4/c1-5-6-7-8-9-10-11-12-15(19)17(22,13-16(20)21)14-18(2,3)4/h22H,5-14H2,1-4H3/p+1/t17-/m1/s1. The summed E-state index contributed by atoms with van der Waals surface area (Å²) in [6.45, 7) is 2.30. The molecule has 0 heterocycles. The molecule has 130 valence electrons. The predicted molar refractivity (Wildman–Crippen MR) is 87.7 cm³/mol. The van der Waals surface area contributed by atoms with E-state index in [4.69, 9.17) is 5.11 Å². The van der Waals surface area contributed by atoms with Crippen molar-refractivity contribution in [2.45, 2.75) is 70.3 Å².